The number of nitrogens with two attached hydrogens (primary N) is 1. The molecule has 0 radical (unpaired) electrons. The molecule has 4 unspecified atom stereocenters. The SMILES string of the molecule is Nc1nc2c(c(=O)[nH]1)[n+](Cc1ccc(-c3ccccc3)cc1F)cn2C1CCC(COP(=O)(O)OP(=O)(O)n2ccnc2)O1. The molecule has 5 N–H and O–H groups in total. The van der Waals surface area contributed by atoms with E-state index < -0.39 is 45.9 Å². The molecule has 3 aromatic heterocycles. The summed E-state index contributed by atoms with van der Waals surface area (Å²) in [5.74, 6) is -0.583. The summed E-state index contributed by atoms with van der Waals surface area (Å²) >= 11 is 0. The summed E-state index contributed by atoms with van der Waals surface area (Å²) in [7, 11) is -9.71. The van der Waals surface area contributed by atoms with Crippen molar-refractivity contribution in [2.75, 3.05) is 12.3 Å². The van der Waals surface area contributed by atoms with Crippen molar-refractivity contribution in [3.63, 3.8) is 0 Å². The molecule has 0 aliphatic carbocycles. The normalized spacial score (nSPS) is 19.6. The third kappa shape index (κ3) is 6.28. The van der Waals surface area contributed by atoms with Crippen molar-refractivity contribution in [2.24, 2.45) is 0 Å². The number of H-pyrrole nitrogens is 1. The smallest absolute Gasteiger partial charge is 0.369 e. The van der Waals surface area contributed by atoms with Crippen molar-refractivity contribution in [1.29, 1.82) is 0 Å². The Morgan fingerprint density at radius 1 is 1.16 bits per heavy atom. The van der Waals surface area contributed by atoms with Gasteiger partial charge in [-0.05, 0) is 23.6 Å². The van der Waals surface area contributed by atoms with Crippen molar-refractivity contribution >= 4 is 32.7 Å². The molecule has 18 heteroatoms. The summed E-state index contributed by atoms with van der Waals surface area (Å²) in [4.78, 5) is 43.3. The fourth-order valence-electron chi connectivity index (χ4n) is 4.97. The monoisotopic (exact) mass is 646 g/mol. The van der Waals surface area contributed by atoms with Gasteiger partial charge in [-0.15, -0.1) is 0 Å². The van der Waals surface area contributed by atoms with Gasteiger partial charge in [0.25, 0.3) is 11.2 Å². The minimum Gasteiger partial charge on any atom is -0.369 e. The summed E-state index contributed by atoms with van der Waals surface area (Å²) in [5.41, 5.74) is 7.53. The van der Waals surface area contributed by atoms with E-state index in [-0.39, 0.29) is 23.7 Å². The molecule has 1 saturated heterocycles. The highest BCUT2D eigenvalue weighted by molar-refractivity contribution is 7.63. The number of hydrogen-bond acceptors (Lipinski definition) is 9. The zero-order valence-corrected chi connectivity index (χ0v) is 24.6. The molecule has 4 atom stereocenters. The van der Waals surface area contributed by atoms with Gasteiger partial charge in [-0.1, -0.05) is 42.5 Å². The molecule has 1 fully saturated rings. The van der Waals surface area contributed by atoms with Crippen LogP contribution in [0.2, 0.25) is 0 Å². The Kier molecular flexibility index (Phi) is 8.07. The Balaban J connectivity index is 1.20. The summed E-state index contributed by atoms with van der Waals surface area (Å²) in [6.07, 6.45) is 4.15. The number of nitrogens with one attached hydrogen (secondary N) is 1. The Morgan fingerprint density at radius 3 is 2.68 bits per heavy atom. The van der Waals surface area contributed by atoms with E-state index in [0.29, 0.717) is 28.3 Å². The molecular formula is C26H27FN7O8P2+. The predicted octanol–water partition coefficient (Wildman–Crippen LogP) is 3.11. The van der Waals surface area contributed by atoms with E-state index in [1.54, 1.807) is 27.6 Å². The lowest BCUT2D eigenvalue weighted by Crippen LogP contribution is -2.37. The molecule has 1 aliphatic heterocycles. The standard InChI is InChI=1S/C26H26FN7O8P2/c27-21-12-18(17-4-2-1-3-5-17)6-7-19(21)13-32-16-34(24-23(32)25(35)31-26(28)30-24)22-9-8-20(41-22)14-40-44(38,39)42-43(36,37)33-11-10-29-15-33/h1-7,10-12,15-16,20,22H,8-9,13-14H2,(H4-,28,30,31,35,36,37,38,39)/p+1. The third-order valence-corrected chi connectivity index (χ3v) is 9.97. The van der Waals surface area contributed by atoms with Gasteiger partial charge in [0.05, 0.1) is 12.7 Å². The fraction of sp³-hybridized carbons (Fsp3) is 0.231. The number of hydrogen-bond donors (Lipinski definition) is 4. The lowest BCUT2D eigenvalue weighted by Gasteiger charge is -2.18. The number of phosphoric acid groups is 1. The van der Waals surface area contributed by atoms with E-state index >= 15 is 4.39 Å². The van der Waals surface area contributed by atoms with Crippen molar-refractivity contribution < 1.29 is 41.4 Å². The van der Waals surface area contributed by atoms with Gasteiger partial charge >= 0.3 is 21.1 Å². The van der Waals surface area contributed by atoms with Crippen LogP contribution in [-0.2, 0) is 29.2 Å². The minimum absolute atomic E-state index is 0.00149. The maximum atomic E-state index is 15.2. The maximum Gasteiger partial charge on any atom is 0.480 e. The number of halogens is 1. The van der Waals surface area contributed by atoms with Gasteiger partial charge < -0.3 is 20.3 Å². The van der Waals surface area contributed by atoms with E-state index in [1.807, 2.05) is 30.3 Å². The summed E-state index contributed by atoms with van der Waals surface area (Å²) in [6.45, 7) is -0.440. The fourth-order valence-corrected chi connectivity index (χ4v) is 7.34. The lowest BCUT2D eigenvalue weighted by atomic mass is 10.0. The number of aromatic nitrogens is 6. The molecule has 15 nitrogen and oxygen atoms in total. The Labute approximate surface area is 248 Å². The molecule has 0 spiro atoms. The van der Waals surface area contributed by atoms with Crippen LogP contribution in [0.4, 0.5) is 10.3 Å². The van der Waals surface area contributed by atoms with Crippen molar-refractivity contribution in [3.8, 4) is 11.1 Å². The average molecular weight is 646 g/mol. The topological polar surface area (TPSA) is 201 Å². The van der Waals surface area contributed by atoms with Crippen LogP contribution >= 0.6 is 15.6 Å². The Morgan fingerprint density at radius 2 is 1.95 bits per heavy atom. The molecule has 44 heavy (non-hydrogen) atoms. The van der Waals surface area contributed by atoms with Gasteiger partial charge in [0, 0.05) is 24.4 Å². The maximum absolute atomic E-state index is 15.2. The number of aromatic amines is 1. The van der Waals surface area contributed by atoms with Gasteiger partial charge in [-0.2, -0.15) is 13.9 Å². The minimum atomic E-state index is -4.98. The second kappa shape index (κ2) is 11.8. The number of fused-ring (bicyclic) bond motifs is 1. The molecule has 0 amide bonds. The number of rotatable bonds is 10. The van der Waals surface area contributed by atoms with Crippen LogP contribution in [0.15, 0.2) is 78.4 Å². The summed E-state index contributed by atoms with van der Waals surface area (Å²) in [5, 5.41) is 0. The van der Waals surface area contributed by atoms with Crippen molar-refractivity contribution in [2.45, 2.75) is 31.7 Å². The quantitative estimate of drug-likeness (QED) is 0.128. The highest BCUT2D eigenvalue weighted by Crippen LogP contribution is 2.60. The summed E-state index contributed by atoms with van der Waals surface area (Å²) in [6, 6.07) is 14.3. The number of anilines is 1. The first-order chi connectivity index (χ1) is 21.0. The molecule has 2 aromatic carbocycles. The first-order valence-corrected chi connectivity index (χ1v) is 16.3. The van der Waals surface area contributed by atoms with E-state index in [4.69, 9.17) is 15.0 Å². The van der Waals surface area contributed by atoms with Crippen LogP contribution < -0.4 is 15.9 Å². The molecule has 1 aliphatic rings. The number of nitrogens with zero attached hydrogens (tertiary/aromatic N) is 5. The van der Waals surface area contributed by atoms with Crippen LogP contribution in [0, 0.1) is 5.82 Å². The molecule has 0 bridgehead atoms. The molecule has 4 heterocycles. The zero-order valence-electron chi connectivity index (χ0n) is 22.8. The van der Waals surface area contributed by atoms with Gasteiger partial charge in [-0.3, -0.25) is 14.3 Å². The van der Waals surface area contributed by atoms with E-state index in [9.17, 15) is 23.7 Å². The molecular weight excluding hydrogens is 619 g/mol. The van der Waals surface area contributed by atoms with Gasteiger partial charge in [0.2, 0.25) is 18.5 Å². The number of ether oxygens (including phenoxy) is 1. The highest BCUT2D eigenvalue weighted by Gasteiger charge is 2.39. The van der Waals surface area contributed by atoms with Crippen LogP contribution in [0.25, 0.3) is 22.3 Å². The van der Waals surface area contributed by atoms with E-state index in [1.165, 1.54) is 12.3 Å². The van der Waals surface area contributed by atoms with Crippen LogP contribution in [-0.4, -0.2) is 46.4 Å². The van der Waals surface area contributed by atoms with Gasteiger partial charge in [-0.25, -0.2) is 27.4 Å². The Hall–Kier alpha value is -4.01. The second-order valence-electron chi connectivity index (χ2n) is 10.0. The van der Waals surface area contributed by atoms with E-state index in [0.717, 1.165) is 18.1 Å². The molecule has 230 valence electrons. The summed E-state index contributed by atoms with van der Waals surface area (Å²) < 4.78 is 59.1. The van der Waals surface area contributed by atoms with Crippen molar-refractivity contribution in [1.82, 2.24) is 23.9 Å². The largest absolute Gasteiger partial charge is 0.480 e. The predicted molar refractivity (Wildman–Crippen MR) is 153 cm³/mol. The van der Waals surface area contributed by atoms with Crippen LogP contribution in [0.5, 0.6) is 0 Å². The number of nitrogen functional groups attached to an aromatic ring is 1. The average Bonchev–Trinajstić information content (AvgIpc) is 3.74. The van der Waals surface area contributed by atoms with Gasteiger partial charge in [0.15, 0.2) is 0 Å². The first-order valence-electron chi connectivity index (χ1n) is 13.3. The zero-order chi connectivity index (χ0) is 31.1. The molecule has 6 rings (SSSR count). The first kappa shape index (κ1) is 30.0. The second-order valence-corrected chi connectivity index (χ2v) is 13.3. The lowest BCUT2D eigenvalue weighted by molar-refractivity contribution is -0.664. The van der Waals surface area contributed by atoms with E-state index in [2.05, 4.69) is 19.3 Å². The van der Waals surface area contributed by atoms with Gasteiger partial charge in [0.1, 0.15) is 18.7 Å². The van der Waals surface area contributed by atoms with Crippen LogP contribution in [0.3, 0.4) is 0 Å². The number of benzene rings is 2. The number of phosphoric ester groups is 1. The third-order valence-electron chi connectivity index (χ3n) is 7.00. The Bertz CT molecular complexity index is 1970. The van der Waals surface area contributed by atoms with Crippen LogP contribution in [0.1, 0.15) is 24.6 Å². The molecule has 5 aromatic rings. The number of imidazole rings is 2. The molecule has 0 saturated carbocycles. The highest BCUT2D eigenvalue weighted by atomic mass is 31.3. The van der Waals surface area contributed by atoms with Crippen molar-refractivity contribution in [3.05, 3.63) is 95.3 Å².